The predicted octanol–water partition coefficient (Wildman–Crippen LogP) is 0.584. The van der Waals surface area contributed by atoms with Crippen molar-refractivity contribution in [3.8, 4) is 0 Å². The molecule has 0 aromatic rings. The van der Waals surface area contributed by atoms with Crippen LogP contribution in [-0.4, -0.2) is 35.2 Å². The van der Waals surface area contributed by atoms with Gasteiger partial charge in [-0.15, -0.1) is 11.6 Å². The predicted molar refractivity (Wildman–Crippen MR) is 55.9 cm³/mol. The molecule has 14 heavy (non-hydrogen) atoms. The first-order chi connectivity index (χ1) is 6.34. The van der Waals surface area contributed by atoms with Gasteiger partial charge in [-0.1, -0.05) is 13.8 Å². The number of hydrogen-bond acceptors (Lipinski definition) is 2. The fraction of sp³-hybridized carbons (Fsp3) is 0.778. The van der Waals surface area contributed by atoms with Crippen molar-refractivity contribution in [1.82, 2.24) is 4.90 Å². The van der Waals surface area contributed by atoms with Gasteiger partial charge in [0, 0.05) is 6.54 Å². The lowest BCUT2D eigenvalue weighted by Gasteiger charge is -2.24. The third-order valence-corrected chi connectivity index (χ3v) is 1.77. The molecule has 0 aliphatic rings. The number of carbonyl (C=O) groups excluding carboxylic acids is 2. The number of amides is 2. The van der Waals surface area contributed by atoms with E-state index in [1.807, 2.05) is 13.8 Å². The van der Waals surface area contributed by atoms with Crippen LogP contribution in [0.25, 0.3) is 0 Å². The van der Waals surface area contributed by atoms with Crippen LogP contribution in [0.5, 0.6) is 0 Å². The van der Waals surface area contributed by atoms with Gasteiger partial charge in [0.25, 0.3) is 0 Å². The molecule has 5 heteroatoms. The van der Waals surface area contributed by atoms with Gasteiger partial charge in [0.1, 0.15) is 5.38 Å². The molecule has 0 saturated carbocycles. The molecular weight excluding hydrogens is 204 g/mol. The van der Waals surface area contributed by atoms with Crippen LogP contribution in [0.2, 0.25) is 0 Å². The van der Waals surface area contributed by atoms with Gasteiger partial charge >= 0.3 is 0 Å². The van der Waals surface area contributed by atoms with Crippen molar-refractivity contribution in [3.63, 3.8) is 0 Å². The van der Waals surface area contributed by atoms with Gasteiger partial charge in [-0.25, -0.2) is 0 Å². The maximum Gasteiger partial charge on any atom is 0.240 e. The number of carbonyl (C=O) groups is 2. The zero-order valence-corrected chi connectivity index (χ0v) is 9.54. The Bertz CT molecular complexity index is 217. The summed E-state index contributed by atoms with van der Waals surface area (Å²) in [5.41, 5.74) is 5.03. The van der Waals surface area contributed by atoms with E-state index in [1.165, 1.54) is 4.90 Å². The summed E-state index contributed by atoms with van der Waals surface area (Å²) in [6.45, 7) is 5.94. The highest BCUT2D eigenvalue weighted by atomic mass is 35.5. The Labute approximate surface area is 89.4 Å². The van der Waals surface area contributed by atoms with E-state index in [0.29, 0.717) is 6.54 Å². The van der Waals surface area contributed by atoms with E-state index in [2.05, 4.69) is 0 Å². The van der Waals surface area contributed by atoms with E-state index in [9.17, 15) is 9.59 Å². The standard InChI is InChI=1S/C9H17ClN2O2/c1-6(2)4-12(5-8(11)13)9(14)7(3)10/h6-7H,4-5H2,1-3H3,(H2,11,13). The van der Waals surface area contributed by atoms with E-state index < -0.39 is 11.3 Å². The molecular formula is C9H17ClN2O2. The number of halogens is 1. The molecule has 0 aliphatic heterocycles. The van der Waals surface area contributed by atoms with Crippen molar-refractivity contribution < 1.29 is 9.59 Å². The molecule has 2 N–H and O–H groups in total. The average molecular weight is 221 g/mol. The zero-order valence-electron chi connectivity index (χ0n) is 8.79. The molecule has 0 aromatic heterocycles. The van der Waals surface area contributed by atoms with E-state index in [4.69, 9.17) is 17.3 Å². The molecule has 0 aliphatic carbocycles. The van der Waals surface area contributed by atoms with Gasteiger partial charge in [-0.3, -0.25) is 9.59 Å². The number of rotatable bonds is 5. The third-order valence-electron chi connectivity index (χ3n) is 1.58. The number of primary amides is 1. The molecule has 0 rings (SSSR count). The minimum atomic E-state index is -0.618. The van der Waals surface area contributed by atoms with Crippen molar-refractivity contribution in [3.05, 3.63) is 0 Å². The quantitative estimate of drug-likeness (QED) is 0.689. The summed E-state index contributed by atoms with van der Waals surface area (Å²) in [5, 5.41) is -0.618. The first-order valence-electron chi connectivity index (χ1n) is 4.55. The Kier molecular flexibility index (Phi) is 5.53. The van der Waals surface area contributed by atoms with E-state index in [-0.39, 0.29) is 18.4 Å². The monoisotopic (exact) mass is 220 g/mol. The second-order valence-corrected chi connectivity index (χ2v) is 4.35. The van der Waals surface area contributed by atoms with Crippen molar-refractivity contribution in [2.45, 2.75) is 26.1 Å². The van der Waals surface area contributed by atoms with Crippen LogP contribution in [-0.2, 0) is 9.59 Å². The van der Waals surface area contributed by atoms with Gasteiger partial charge in [0.15, 0.2) is 0 Å². The number of hydrogen-bond donors (Lipinski definition) is 1. The lowest BCUT2D eigenvalue weighted by molar-refractivity contribution is -0.135. The van der Waals surface area contributed by atoms with Gasteiger partial charge in [0.2, 0.25) is 11.8 Å². The minimum Gasteiger partial charge on any atom is -0.368 e. The zero-order chi connectivity index (χ0) is 11.3. The minimum absolute atomic E-state index is 0.0614. The second kappa shape index (κ2) is 5.86. The molecule has 4 nitrogen and oxygen atoms in total. The van der Waals surface area contributed by atoms with Crippen LogP contribution < -0.4 is 5.73 Å². The summed E-state index contributed by atoms with van der Waals surface area (Å²) in [5.74, 6) is -0.482. The molecule has 82 valence electrons. The van der Waals surface area contributed by atoms with Crippen molar-refractivity contribution in [2.75, 3.05) is 13.1 Å². The number of nitrogens with two attached hydrogens (primary N) is 1. The molecule has 1 atom stereocenters. The van der Waals surface area contributed by atoms with Gasteiger partial charge in [-0.05, 0) is 12.8 Å². The summed E-state index contributed by atoms with van der Waals surface area (Å²) in [6.07, 6.45) is 0. The first-order valence-corrected chi connectivity index (χ1v) is 4.99. The Balaban J connectivity index is 4.38. The van der Waals surface area contributed by atoms with Gasteiger partial charge in [0.05, 0.1) is 6.54 Å². The molecule has 0 bridgehead atoms. The molecule has 0 heterocycles. The Hall–Kier alpha value is -0.770. The highest BCUT2D eigenvalue weighted by Crippen LogP contribution is 2.05. The summed E-state index contributed by atoms with van der Waals surface area (Å²) in [6, 6.07) is 0. The summed E-state index contributed by atoms with van der Waals surface area (Å²) >= 11 is 5.65. The van der Waals surface area contributed by atoms with Gasteiger partial charge in [-0.2, -0.15) is 0 Å². The number of alkyl halides is 1. The van der Waals surface area contributed by atoms with E-state index >= 15 is 0 Å². The molecule has 0 radical (unpaired) electrons. The number of nitrogens with zero attached hydrogens (tertiary/aromatic N) is 1. The first kappa shape index (κ1) is 13.2. The fourth-order valence-corrected chi connectivity index (χ4v) is 1.25. The maximum absolute atomic E-state index is 11.5. The van der Waals surface area contributed by atoms with Crippen LogP contribution in [0.1, 0.15) is 20.8 Å². The van der Waals surface area contributed by atoms with Gasteiger partial charge < -0.3 is 10.6 Å². The third kappa shape index (κ3) is 5.07. The van der Waals surface area contributed by atoms with Crippen molar-refractivity contribution in [1.29, 1.82) is 0 Å². The molecule has 2 amide bonds. The van der Waals surface area contributed by atoms with Crippen LogP contribution in [0.3, 0.4) is 0 Å². The molecule has 0 fully saturated rings. The second-order valence-electron chi connectivity index (χ2n) is 3.69. The maximum atomic E-state index is 11.5. The molecule has 0 aromatic carbocycles. The smallest absolute Gasteiger partial charge is 0.240 e. The SMILES string of the molecule is CC(C)CN(CC(N)=O)C(=O)C(C)Cl. The van der Waals surface area contributed by atoms with Crippen molar-refractivity contribution in [2.24, 2.45) is 11.7 Å². The molecule has 1 unspecified atom stereocenters. The normalized spacial score (nSPS) is 12.6. The lowest BCUT2D eigenvalue weighted by Crippen LogP contribution is -2.43. The highest BCUT2D eigenvalue weighted by molar-refractivity contribution is 6.30. The van der Waals surface area contributed by atoms with Crippen LogP contribution in [0.15, 0.2) is 0 Å². The highest BCUT2D eigenvalue weighted by Gasteiger charge is 2.20. The largest absolute Gasteiger partial charge is 0.368 e. The van der Waals surface area contributed by atoms with Crippen LogP contribution in [0, 0.1) is 5.92 Å². The molecule has 0 spiro atoms. The summed E-state index contributed by atoms with van der Waals surface area (Å²) < 4.78 is 0. The average Bonchev–Trinajstić information content (AvgIpc) is 1.99. The Morgan fingerprint density at radius 1 is 1.36 bits per heavy atom. The van der Waals surface area contributed by atoms with Crippen LogP contribution in [0.4, 0.5) is 0 Å². The fourth-order valence-electron chi connectivity index (χ4n) is 1.11. The van der Waals surface area contributed by atoms with Crippen molar-refractivity contribution >= 4 is 23.4 Å². The topological polar surface area (TPSA) is 63.4 Å². The summed E-state index contributed by atoms with van der Waals surface area (Å²) in [7, 11) is 0. The Morgan fingerprint density at radius 2 is 1.86 bits per heavy atom. The Morgan fingerprint density at radius 3 is 2.14 bits per heavy atom. The van der Waals surface area contributed by atoms with E-state index in [0.717, 1.165) is 0 Å². The van der Waals surface area contributed by atoms with Crippen LogP contribution >= 0.6 is 11.6 Å². The molecule has 0 saturated heterocycles. The lowest BCUT2D eigenvalue weighted by atomic mass is 10.2. The summed E-state index contributed by atoms with van der Waals surface area (Å²) in [4.78, 5) is 23.6. The van der Waals surface area contributed by atoms with E-state index in [1.54, 1.807) is 6.92 Å².